The van der Waals surface area contributed by atoms with Crippen molar-refractivity contribution in [1.82, 2.24) is 9.88 Å². The molecule has 0 saturated heterocycles. The van der Waals surface area contributed by atoms with Crippen molar-refractivity contribution in [2.75, 3.05) is 7.05 Å². The normalized spacial score (nSPS) is 10.2. The molecular weight excluding hydrogens is 238 g/mol. The van der Waals surface area contributed by atoms with Crippen LogP contribution in [0, 0.1) is 0 Å². The number of carbonyl (C=O) groups excluding carboxylic acids is 1. The van der Waals surface area contributed by atoms with Crippen LogP contribution < -0.4 is 5.73 Å². The number of nitrogens with two attached hydrogens (primary N) is 1. The van der Waals surface area contributed by atoms with E-state index in [4.69, 9.17) is 5.73 Å². The predicted octanol–water partition coefficient (Wildman–Crippen LogP) is 1.81. The van der Waals surface area contributed by atoms with Gasteiger partial charge in [0, 0.05) is 38.1 Å². The number of nitrogens with zero attached hydrogens (tertiary/aromatic N) is 2. The number of aromatic nitrogens is 1. The van der Waals surface area contributed by atoms with Crippen LogP contribution in [0.4, 0.5) is 0 Å². The molecule has 2 rings (SSSR count). The zero-order chi connectivity index (χ0) is 13.7. The van der Waals surface area contributed by atoms with Crippen LogP contribution in [0.2, 0.25) is 0 Å². The first-order chi connectivity index (χ1) is 9.20. The van der Waals surface area contributed by atoms with Crippen LogP contribution in [0.3, 0.4) is 0 Å². The molecular formula is C15H17N3O. The molecule has 2 N–H and O–H groups in total. The third-order valence-electron chi connectivity index (χ3n) is 2.90. The summed E-state index contributed by atoms with van der Waals surface area (Å²) in [5.74, 6) is -0.0147. The molecule has 0 atom stereocenters. The van der Waals surface area contributed by atoms with Crippen LogP contribution in [0.5, 0.6) is 0 Å². The van der Waals surface area contributed by atoms with Gasteiger partial charge >= 0.3 is 0 Å². The first-order valence-electron chi connectivity index (χ1n) is 6.14. The van der Waals surface area contributed by atoms with Gasteiger partial charge in [0.1, 0.15) is 0 Å². The van der Waals surface area contributed by atoms with Crippen molar-refractivity contribution < 1.29 is 4.79 Å². The van der Waals surface area contributed by atoms with E-state index in [0.717, 1.165) is 11.1 Å². The largest absolute Gasteiger partial charge is 0.337 e. The van der Waals surface area contributed by atoms with E-state index in [1.807, 2.05) is 30.3 Å². The van der Waals surface area contributed by atoms with Crippen molar-refractivity contribution >= 4 is 5.91 Å². The van der Waals surface area contributed by atoms with Gasteiger partial charge in [-0.05, 0) is 29.3 Å². The van der Waals surface area contributed by atoms with E-state index in [-0.39, 0.29) is 5.91 Å². The Morgan fingerprint density at radius 3 is 2.74 bits per heavy atom. The van der Waals surface area contributed by atoms with Crippen molar-refractivity contribution in [2.24, 2.45) is 5.73 Å². The Bertz CT molecular complexity index is 554. The molecule has 1 amide bonds. The molecule has 0 spiro atoms. The first kappa shape index (κ1) is 13.2. The fourth-order valence-electron chi connectivity index (χ4n) is 1.89. The number of pyridine rings is 1. The molecule has 0 fully saturated rings. The summed E-state index contributed by atoms with van der Waals surface area (Å²) in [6.45, 7) is 0.979. The van der Waals surface area contributed by atoms with E-state index in [1.165, 1.54) is 0 Å². The Hall–Kier alpha value is -2.20. The Morgan fingerprint density at radius 2 is 2.05 bits per heavy atom. The van der Waals surface area contributed by atoms with E-state index >= 15 is 0 Å². The quantitative estimate of drug-likeness (QED) is 0.906. The lowest BCUT2D eigenvalue weighted by molar-refractivity contribution is 0.0785. The number of benzene rings is 1. The van der Waals surface area contributed by atoms with E-state index in [2.05, 4.69) is 4.98 Å². The molecule has 0 aliphatic carbocycles. The molecule has 2 aromatic rings. The van der Waals surface area contributed by atoms with Gasteiger partial charge in [0.05, 0.1) is 0 Å². The number of hydrogen-bond donors (Lipinski definition) is 1. The van der Waals surface area contributed by atoms with Gasteiger partial charge in [0.25, 0.3) is 5.91 Å². The van der Waals surface area contributed by atoms with E-state index < -0.39 is 0 Å². The summed E-state index contributed by atoms with van der Waals surface area (Å²) in [6.07, 6.45) is 3.48. The van der Waals surface area contributed by atoms with E-state index in [9.17, 15) is 4.79 Å². The maximum atomic E-state index is 12.3. The Labute approximate surface area is 112 Å². The van der Waals surface area contributed by atoms with Crippen molar-refractivity contribution in [2.45, 2.75) is 13.1 Å². The lowest BCUT2D eigenvalue weighted by atomic mass is 10.1. The van der Waals surface area contributed by atoms with Crippen molar-refractivity contribution in [3.63, 3.8) is 0 Å². The zero-order valence-electron chi connectivity index (χ0n) is 10.9. The summed E-state index contributed by atoms with van der Waals surface area (Å²) in [6, 6.07) is 11.2. The summed E-state index contributed by atoms with van der Waals surface area (Å²) < 4.78 is 0. The highest BCUT2D eigenvalue weighted by molar-refractivity contribution is 5.94. The third kappa shape index (κ3) is 3.39. The highest BCUT2D eigenvalue weighted by Gasteiger charge is 2.12. The SMILES string of the molecule is CN(Cc1cccnc1)C(=O)c1cccc(CN)c1. The molecule has 0 bridgehead atoms. The summed E-state index contributed by atoms with van der Waals surface area (Å²) in [5, 5.41) is 0. The van der Waals surface area contributed by atoms with Crippen molar-refractivity contribution in [3.05, 3.63) is 65.5 Å². The Kier molecular flexibility index (Phi) is 4.26. The monoisotopic (exact) mass is 255 g/mol. The van der Waals surface area contributed by atoms with Gasteiger partial charge in [-0.2, -0.15) is 0 Å². The number of carbonyl (C=O) groups is 1. The maximum absolute atomic E-state index is 12.3. The number of hydrogen-bond acceptors (Lipinski definition) is 3. The van der Waals surface area contributed by atoms with Gasteiger partial charge in [-0.25, -0.2) is 0 Å². The molecule has 4 nitrogen and oxygen atoms in total. The van der Waals surface area contributed by atoms with E-state index in [1.54, 1.807) is 30.4 Å². The molecule has 1 aromatic carbocycles. The van der Waals surface area contributed by atoms with Gasteiger partial charge < -0.3 is 10.6 Å². The second-order valence-corrected chi connectivity index (χ2v) is 4.43. The minimum Gasteiger partial charge on any atom is -0.337 e. The maximum Gasteiger partial charge on any atom is 0.253 e. The van der Waals surface area contributed by atoms with Gasteiger partial charge in [-0.15, -0.1) is 0 Å². The molecule has 0 radical (unpaired) electrons. The van der Waals surface area contributed by atoms with Crippen molar-refractivity contribution in [1.29, 1.82) is 0 Å². The van der Waals surface area contributed by atoms with Gasteiger partial charge in [0.2, 0.25) is 0 Å². The summed E-state index contributed by atoms with van der Waals surface area (Å²) in [4.78, 5) is 18.0. The predicted molar refractivity (Wildman–Crippen MR) is 74.4 cm³/mol. The first-order valence-corrected chi connectivity index (χ1v) is 6.14. The average molecular weight is 255 g/mol. The molecule has 98 valence electrons. The van der Waals surface area contributed by atoms with Crippen LogP contribution in [-0.2, 0) is 13.1 Å². The fourth-order valence-corrected chi connectivity index (χ4v) is 1.89. The lowest BCUT2D eigenvalue weighted by Gasteiger charge is -2.17. The second-order valence-electron chi connectivity index (χ2n) is 4.43. The minimum atomic E-state index is -0.0147. The van der Waals surface area contributed by atoms with Crippen LogP contribution in [0.25, 0.3) is 0 Å². The van der Waals surface area contributed by atoms with Gasteiger partial charge in [0.15, 0.2) is 0 Å². The lowest BCUT2D eigenvalue weighted by Crippen LogP contribution is -2.26. The highest BCUT2D eigenvalue weighted by Crippen LogP contribution is 2.09. The summed E-state index contributed by atoms with van der Waals surface area (Å²) in [5.41, 5.74) is 8.21. The number of rotatable bonds is 4. The fraction of sp³-hybridized carbons (Fsp3) is 0.200. The van der Waals surface area contributed by atoms with Crippen LogP contribution in [-0.4, -0.2) is 22.8 Å². The van der Waals surface area contributed by atoms with Gasteiger partial charge in [-0.1, -0.05) is 18.2 Å². The van der Waals surface area contributed by atoms with Crippen LogP contribution >= 0.6 is 0 Å². The van der Waals surface area contributed by atoms with E-state index in [0.29, 0.717) is 18.7 Å². The summed E-state index contributed by atoms with van der Waals surface area (Å²) in [7, 11) is 1.78. The van der Waals surface area contributed by atoms with Crippen LogP contribution in [0.15, 0.2) is 48.8 Å². The standard InChI is InChI=1S/C15H17N3O/c1-18(11-13-5-3-7-17-10-13)15(19)14-6-2-4-12(8-14)9-16/h2-8,10H,9,11,16H2,1H3. The zero-order valence-corrected chi connectivity index (χ0v) is 10.9. The summed E-state index contributed by atoms with van der Waals surface area (Å²) >= 11 is 0. The molecule has 19 heavy (non-hydrogen) atoms. The van der Waals surface area contributed by atoms with Gasteiger partial charge in [-0.3, -0.25) is 9.78 Å². The minimum absolute atomic E-state index is 0.0147. The second kappa shape index (κ2) is 6.11. The Balaban J connectivity index is 2.10. The van der Waals surface area contributed by atoms with Crippen LogP contribution in [0.1, 0.15) is 21.5 Å². The number of amides is 1. The molecule has 1 heterocycles. The molecule has 0 aliphatic rings. The highest BCUT2D eigenvalue weighted by atomic mass is 16.2. The molecule has 0 aliphatic heterocycles. The third-order valence-corrected chi connectivity index (χ3v) is 2.90. The molecule has 4 heteroatoms. The smallest absolute Gasteiger partial charge is 0.253 e. The molecule has 0 unspecified atom stereocenters. The molecule has 0 saturated carbocycles. The topological polar surface area (TPSA) is 59.2 Å². The molecule has 1 aromatic heterocycles. The Morgan fingerprint density at radius 1 is 1.26 bits per heavy atom. The van der Waals surface area contributed by atoms with Crippen molar-refractivity contribution in [3.8, 4) is 0 Å². The average Bonchev–Trinajstić information content (AvgIpc) is 2.47.